The van der Waals surface area contributed by atoms with Crippen LogP contribution in [-0.4, -0.2) is 29.4 Å². The number of rotatable bonds is 7. The number of hydrogen-bond acceptors (Lipinski definition) is 5. The minimum atomic E-state index is 0.661. The summed E-state index contributed by atoms with van der Waals surface area (Å²) in [6, 6.07) is 8.76. The summed E-state index contributed by atoms with van der Waals surface area (Å²) in [5.41, 5.74) is 1.04. The third-order valence-electron chi connectivity index (χ3n) is 3.23. The number of nitrogens with zero attached hydrogens (tertiary/aromatic N) is 2. The van der Waals surface area contributed by atoms with Crippen LogP contribution in [0.4, 0.5) is 0 Å². The largest absolute Gasteiger partial charge is 0.493 e. The van der Waals surface area contributed by atoms with E-state index in [2.05, 4.69) is 15.5 Å². The highest BCUT2D eigenvalue weighted by Crippen LogP contribution is 2.32. The summed E-state index contributed by atoms with van der Waals surface area (Å²) in [6.07, 6.45) is 3.59. The molecule has 1 aromatic heterocycles. The van der Waals surface area contributed by atoms with E-state index in [9.17, 15) is 0 Å². The molecule has 0 atom stereocenters. The van der Waals surface area contributed by atoms with Gasteiger partial charge in [-0.15, -0.1) is 10.2 Å². The molecule has 0 radical (unpaired) electrons. The normalized spacial score (nSPS) is 14.4. The van der Waals surface area contributed by atoms with Crippen LogP contribution in [0.25, 0.3) is 10.6 Å². The van der Waals surface area contributed by atoms with E-state index in [1.807, 2.05) is 31.2 Å². The molecule has 106 valence electrons. The number of para-hydroxylation sites is 1. The molecule has 2 aromatic rings. The molecule has 0 aliphatic heterocycles. The van der Waals surface area contributed by atoms with Gasteiger partial charge in [-0.2, -0.15) is 0 Å². The SMILES string of the molecule is CCOc1ccccc1-c1nnc(CCNC2CC2)s1. The molecular formula is C15H19N3OS. The number of benzene rings is 1. The molecule has 20 heavy (non-hydrogen) atoms. The van der Waals surface area contributed by atoms with Crippen LogP contribution in [0.3, 0.4) is 0 Å². The van der Waals surface area contributed by atoms with Crippen LogP contribution in [0.2, 0.25) is 0 Å². The quantitative estimate of drug-likeness (QED) is 0.851. The fourth-order valence-corrected chi connectivity index (χ4v) is 2.93. The summed E-state index contributed by atoms with van der Waals surface area (Å²) < 4.78 is 5.65. The van der Waals surface area contributed by atoms with Crippen molar-refractivity contribution in [3.63, 3.8) is 0 Å². The highest BCUT2D eigenvalue weighted by Gasteiger charge is 2.20. The van der Waals surface area contributed by atoms with Gasteiger partial charge in [-0.25, -0.2) is 0 Å². The second-order valence-corrected chi connectivity index (χ2v) is 5.97. The molecule has 1 aliphatic rings. The van der Waals surface area contributed by atoms with Crippen LogP contribution in [0, 0.1) is 0 Å². The molecule has 0 unspecified atom stereocenters. The van der Waals surface area contributed by atoms with E-state index in [0.29, 0.717) is 6.61 Å². The Kier molecular flexibility index (Phi) is 4.28. The Morgan fingerprint density at radius 1 is 1.30 bits per heavy atom. The third-order valence-corrected chi connectivity index (χ3v) is 4.25. The number of nitrogens with one attached hydrogen (secondary N) is 1. The molecule has 0 bridgehead atoms. The van der Waals surface area contributed by atoms with Gasteiger partial charge in [-0.1, -0.05) is 23.5 Å². The van der Waals surface area contributed by atoms with Crippen LogP contribution in [-0.2, 0) is 6.42 Å². The molecular weight excluding hydrogens is 270 g/mol. The van der Waals surface area contributed by atoms with E-state index in [4.69, 9.17) is 4.74 Å². The van der Waals surface area contributed by atoms with Crippen LogP contribution in [0.1, 0.15) is 24.8 Å². The topological polar surface area (TPSA) is 47.0 Å². The van der Waals surface area contributed by atoms with Crippen molar-refractivity contribution in [1.29, 1.82) is 0 Å². The van der Waals surface area contributed by atoms with Gasteiger partial charge in [-0.05, 0) is 31.9 Å². The van der Waals surface area contributed by atoms with Gasteiger partial charge >= 0.3 is 0 Å². The fraction of sp³-hybridized carbons (Fsp3) is 0.467. The molecule has 5 heteroatoms. The minimum absolute atomic E-state index is 0.661. The van der Waals surface area contributed by atoms with E-state index in [0.717, 1.165) is 40.3 Å². The summed E-state index contributed by atoms with van der Waals surface area (Å²) in [5.74, 6) is 0.883. The first-order valence-corrected chi connectivity index (χ1v) is 7.96. The van der Waals surface area contributed by atoms with Gasteiger partial charge in [0.05, 0.1) is 12.2 Å². The zero-order valence-corrected chi connectivity index (χ0v) is 12.4. The van der Waals surface area contributed by atoms with Crippen molar-refractivity contribution >= 4 is 11.3 Å². The van der Waals surface area contributed by atoms with Gasteiger partial charge in [0.2, 0.25) is 0 Å². The second-order valence-electron chi connectivity index (χ2n) is 4.91. The van der Waals surface area contributed by atoms with E-state index in [1.54, 1.807) is 11.3 Å². The van der Waals surface area contributed by atoms with Crippen molar-refractivity contribution in [1.82, 2.24) is 15.5 Å². The number of ether oxygens (including phenoxy) is 1. The van der Waals surface area contributed by atoms with Gasteiger partial charge in [-0.3, -0.25) is 0 Å². The molecule has 1 aliphatic carbocycles. The van der Waals surface area contributed by atoms with E-state index in [-0.39, 0.29) is 0 Å². The molecule has 0 amide bonds. The lowest BCUT2D eigenvalue weighted by atomic mass is 10.2. The lowest BCUT2D eigenvalue weighted by molar-refractivity contribution is 0.341. The Bertz CT molecular complexity index is 566. The van der Waals surface area contributed by atoms with Gasteiger partial charge < -0.3 is 10.1 Å². The van der Waals surface area contributed by atoms with E-state index < -0.39 is 0 Å². The summed E-state index contributed by atoms with van der Waals surface area (Å²) in [5, 5.41) is 14.1. The summed E-state index contributed by atoms with van der Waals surface area (Å²) in [7, 11) is 0. The Balaban J connectivity index is 1.68. The van der Waals surface area contributed by atoms with Crippen molar-refractivity contribution in [2.45, 2.75) is 32.2 Å². The van der Waals surface area contributed by atoms with Gasteiger partial charge in [0, 0.05) is 19.0 Å². The predicted molar refractivity (Wildman–Crippen MR) is 81.2 cm³/mol. The molecule has 0 spiro atoms. The zero-order chi connectivity index (χ0) is 13.8. The molecule has 0 saturated heterocycles. The molecule has 3 rings (SSSR count). The average Bonchev–Trinajstić information content (AvgIpc) is 3.17. The average molecular weight is 289 g/mol. The Labute approximate surface area is 123 Å². The van der Waals surface area contributed by atoms with Gasteiger partial charge in [0.1, 0.15) is 10.8 Å². The van der Waals surface area contributed by atoms with Crippen molar-refractivity contribution in [3.8, 4) is 16.3 Å². The monoisotopic (exact) mass is 289 g/mol. The van der Waals surface area contributed by atoms with Crippen molar-refractivity contribution < 1.29 is 4.74 Å². The second kappa shape index (κ2) is 6.33. The molecule has 1 heterocycles. The molecule has 1 aromatic carbocycles. The maximum absolute atomic E-state index is 5.65. The first-order chi connectivity index (χ1) is 9.86. The third kappa shape index (κ3) is 3.35. The molecule has 1 fully saturated rings. The lowest BCUT2D eigenvalue weighted by Crippen LogP contribution is -2.19. The van der Waals surface area contributed by atoms with Gasteiger partial charge in [0.25, 0.3) is 0 Å². The van der Waals surface area contributed by atoms with Crippen molar-refractivity contribution in [3.05, 3.63) is 29.3 Å². The van der Waals surface area contributed by atoms with Gasteiger partial charge in [0.15, 0.2) is 5.01 Å². The van der Waals surface area contributed by atoms with Crippen LogP contribution in [0.5, 0.6) is 5.75 Å². The first-order valence-electron chi connectivity index (χ1n) is 7.14. The highest BCUT2D eigenvalue weighted by molar-refractivity contribution is 7.14. The maximum atomic E-state index is 5.65. The first kappa shape index (κ1) is 13.5. The maximum Gasteiger partial charge on any atom is 0.151 e. The Morgan fingerprint density at radius 2 is 2.15 bits per heavy atom. The molecule has 4 nitrogen and oxygen atoms in total. The fourth-order valence-electron chi connectivity index (χ4n) is 2.06. The predicted octanol–water partition coefficient (Wildman–Crippen LogP) is 2.90. The molecule has 1 saturated carbocycles. The van der Waals surface area contributed by atoms with Crippen LogP contribution in [0.15, 0.2) is 24.3 Å². The Hall–Kier alpha value is -1.46. The molecule has 1 N–H and O–H groups in total. The van der Waals surface area contributed by atoms with E-state index >= 15 is 0 Å². The number of aromatic nitrogens is 2. The lowest BCUT2D eigenvalue weighted by Gasteiger charge is -2.06. The summed E-state index contributed by atoms with van der Waals surface area (Å²) in [4.78, 5) is 0. The van der Waals surface area contributed by atoms with E-state index in [1.165, 1.54) is 12.8 Å². The number of hydrogen-bond donors (Lipinski definition) is 1. The summed E-state index contributed by atoms with van der Waals surface area (Å²) >= 11 is 1.66. The highest BCUT2D eigenvalue weighted by atomic mass is 32.1. The van der Waals surface area contributed by atoms with Crippen LogP contribution >= 0.6 is 11.3 Å². The standard InChI is InChI=1S/C15H19N3OS/c1-2-19-13-6-4-3-5-12(13)15-18-17-14(20-15)9-10-16-11-7-8-11/h3-6,11,16H,2,7-10H2,1H3. The van der Waals surface area contributed by atoms with Crippen molar-refractivity contribution in [2.75, 3.05) is 13.2 Å². The minimum Gasteiger partial charge on any atom is -0.493 e. The summed E-state index contributed by atoms with van der Waals surface area (Å²) in [6.45, 7) is 3.65. The van der Waals surface area contributed by atoms with Crippen molar-refractivity contribution in [2.24, 2.45) is 0 Å². The Morgan fingerprint density at radius 3 is 2.95 bits per heavy atom. The van der Waals surface area contributed by atoms with Crippen LogP contribution < -0.4 is 10.1 Å². The zero-order valence-electron chi connectivity index (χ0n) is 11.6. The smallest absolute Gasteiger partial charge is 0.151 e.